The minimum atomic E-state index is -0.696. The first-order chi connectivity index (χ1) is 13.2. The Morgan fingerprint density at radius 3 is 2.64 bits per heavy atom. The lowest BCUT2D eigenvalue weighted by Crippen LogP contribution is -2.23. The van der Waals surface area contributed by atoms with Crippen molar-refractivity contribution in [2.45, 2.75) is 19.8 Å². The van der Waals surface area contributed by atoms with E-state index in [4.69, 9.17) is 0 Å². The summed E-state index contributed by atoms with van der Waals surface area (Å²) in [6, 6.07) is 7.87. The molecule has 0 atom stereocenters. The van der Waals surface area contributed by atoms with Gasteiger partial charge >= 0.3 is 5.69 Å². The second kappa shape index (κ2) is 7.80. The average molecular weight is 510 g/mol. The van der Waals surface area contributed by atoms with Crippen LogP contribution >= 0.6 is 31.9 Å². The number of fused-ring (bicyclic) bond motifs is 1. The zero-order valence-electron chi connectivity index (χ0n) is 14.8. The molecule has 10 heteroatoms. The summed E-state index contributed by atoms with van der Waals surface area (Å²) in [7, 11) is 0. The zero-order valence-corrected chi connectivity index (χ0v) is 17.9. The molecule has 1 N–H and O–H groups in total. The molecule has 0 aliphatic heterocycles. The molecular formula is C18H14Br2N4O4. The van der Waals surface area contributed by atoms with E-state index in [1.165, 1.54) is 23.0 Å². The fourth-order valence-corrected chi connectivity index (χ4v) is 3.42. The monoisotopic (exact) mass is 508 g/mol. The maximum atomic E-state index is 13.0. The van der Waals surface area contributed by atoms with Gasteiger partial charge in [0, 0.05) is 22.0 Å². The van der Waals surface area contributed by atoms with Crippen molar-refractivity contribution in [2.75, 3.05) is 0 Å². The summed E-state index contributed by atoms with van der Waals surface area (Å²) in [6.07, 6.45) is 1.32. The van der Waals surface area contributed by atoms with Crippen molar-refractivity contribution < 1.29 is 10.0 Å². The van der Waals surface area contributed by atoms with Crippen LogP contribution in [0.1, 0.15) is 31.2 Å². The minimum absolute atomic E-state index is 0.0845. The molecule has 2 aromatic carbocycles. The van der Waals surface area contributed by atoms with E-state index in [1.54, 1.807) is 18.2 Å². The summed E-state index contributed by atoms with van der Waals surface area (Å²) >= 11 is 6.43. The molecule has 0 unspecified atom stereocenters. The summed E-state index contributed by atoms with van der Waals surface area (Å²) in [5.41, 5.74) is 0.0881. The fraction of sp³-hybridized carbons (Fsp3) is 0.167. The number of benzene rings is 2. The van der Waals surface area contributed by atoms with Crippen LogP contribution in [0.5, 0.6) is 5.75 Å². The number of phenols is 1. The highest BCUT2D eigenvalue weighted by molar-refractivity contribution is 9.10. The van der Waals surface area contributed by atoms with Gasteiger partial charge in [-0.25, -0.2) is 4.98 Å². The second-order valence-electron chi connectivity index (χ2n) is 6.28. The Hall–Kier alpha value is -2.59. The quantitative estimate of drug-likeness (QED) is 0.315. The van der Waals surface area contributed by atoms with Crippen molar-refractivity contribution in [1.82, 2.24) is 9.66 Å². The SMILES string of the molecule is CC(C)c1nc2ccc(Br)cc2c(=O)n1N=Cc1cc(Br)c(O)c([N+](=O)[O-])c1. The third-order valence-corrected chi connectivity index (χ3v) is 5.03. The molecule has 0 aliphatic rings. The molecular weight excluding hydrogens is 496 g/mol. The molecule has 3 aromatic rings. The molecule has 0 fully saturated rings. The van der Waals surface area contributed by atoms with Crippen molar-refractivity contribution in [2.24, 2.45) is 5.10 Å². The van der Waals surface area contributed by atoms with Crippen molar-refractivity contribution in [3.8, 4) is 5.75 Å². The van der Waals surface area contributed by atoms with Gasteiger partial charge in [0.2, 0.25) is 5.75 Å². The molecule has 0 amide bonds. The number of halogens is 2. The van der Waals surface area contributed by atoms with Gasteiger partial charge in [-0.05, 0) is 40.2 Å². The number of hydrogen-bond donors (Lipinski definition) is 1. The number of aromatic nitrogens is 2. The Balaban J connectivity index is 2.19. The van der Waals surface area contributed by atoms with Crippen LogP contribution in [0, 0.1) is 10.1 Å². The standard InChI is InChI=1S/C18H14Br2N4O4/c1-9(2)17-22-14-4-3-11(19)7-12(14)18(26)23(17)21-8-10-5-13(20)16(25)15(6-10)24(27)28/h3-9,25H,1-2H3. The van der Waals surface area contributed by atoms with Gasteiger partial charge in [0.15, 0.2) is 0 Å². The highest BCUT2D eigenvalue weighted by Gasteiger charge is 2.18. The van der Waals surface area contributed by atoms with E-state index in [0.717, 1.165) is 4.47 Å². The summed E-state index contributed by atoms with van der Waals surface area (Å²) in [6.45, 7) is 3.78. The van der Waals surface area contributed by atoms with Crippen molar-refractivity contribution >= 4 is 54.7 Å². The Morgan fingerprint density at radius 2 is 2.00 bits per heavy atom. The average Bonchev–Trinajstić information content (AvgIpc) is 2.63. The smallest absolute Gasteiger partial charge is 0.312 e. The number of hydrogen-bond acceptors (Lipinski definition) is 6. The lowest BCUT2D eigenvalue weighted by molar-refractivity contribution is -0.386. The molecule has 1 aromatic heterocycles. The highest BCUT2D eigenvalue weighted by Crippen LogP contribution is 2.34. The summed E-state index contributed by atoms with van der Waals surface area (Å²) in [4.78, 5) is 27.9. The number of nitrogens with zero attached hydrogens (tertiary/aromatic N) is 4. The van der Waals surface area contributed by atoms with Crippen LogP contribution < -0.4 is 5.56 Å². The summed E-state index contributed by atoms with van der Waals surface area (Å²) < 4.78 is 2.08. The van der Waals surface area contributed by atoms with Crippen LogP contribution in [0.4, 0.5) is 5.69 Å². The van der Waals surface area contributed by atoms with Crippen molar-refractivity contribution in [1.29, 1.82) is 0 Å². The normalized spacial score (nSPS) is 11.6. The molecule has 0 saturated carbocycles. The van der Waals surface area contributed by atoms with Gasteiger partial charge in [-0.2, -0.15) is 9.78 Å². The first kappa shape index (κ1) is 20.2. The number of aromatic hydroxyl groups is 1. The molecule has 3 rings (SSSR count). The van der Waals surface area contributed by atoms with Gasteiger partial charge < -0.3 is 5.11 Å². The zero-order chi connectivity index (χ0) is 20.6. The molecule has 0 radical (unpaired) electrons. The number of nitro groups is 1. The van der Waals surface area contributed by atoms with E-state index < -0.39 is 16.4 Å². The van der Waals surface area contributed by atoms with Gasteiger partial charge in [-0.3, -0.25) is 14.9 Å². The van der Waals surface area contributed by atoms with E-state index in [9.17, 15) is 20.0 Å². The molecule has 1 heterocycles. The Kier molecular flexibility index (Phi) is 5.61. The topological polar surface area (TPSA) is 111 Å². The van der Waals surface area contributed by atoms with E-state index in [1.807, 2.05) is 13.8 Å². The lowest BCUT2D eigenvalue weighted by Gasteiger charge is -2.12. The highest BCUT2D eigenvalue weighted by atomic mass is 79.9. The van der Waals surface area contributed by atoms with Crippen LogP contribution in [0.15, 0.2) is 49.2 Å². The van der Waals surface area contributed by atoms with Crippen molar-refractivity contribution in [3.05, 3.63) is 71.1 Å². The van der Waals surface area contributed by atoms with Gasteiger partial charge in [0.1, 0.15) is 5.82 Å². The van der Waals surface area contributed by atoms with Crippen LogP contribution in [-0.2, 0) is 0 Å². The number of nitro benzene ring substituents is 1. The molecule has 28 heavy (non-hydrogen) atoms. The predicted molar refractivity (Wildman–Crippen MR) is 113 cm³/mol. The van der Waals surface area contributed by atoms with Crippen LogP contribution in [0.2, 0.25) is 0 Å². The largest absolute Gasteiger partial charge is 0.501 e. The molecule has 144 valence electrons. The Bertz CT molecular complexity index is 1190. The van der Waals surface area contributed by atoms with Crippen LogP contribution in [-0.4, -0.2) is 25.9 Å². The van der Waals surface area contributed by atoms with E-state index in [-0.39, 0.29) is 15.9 Å². The molecule has 0 spiro atoms. The van der Waals surface area contributed by atoms with Gasteiger partial charge in [0.25, 0.3) is 5.56 Å². The maximum absolute atomic E-state index is 13.0. The van der Waals surface area contributed by atoms with Gasteiger partial charge in [-0.15, -0.1) is 0 Å². The lowest BCUT2D eigenvalue weighted by atomic mass is 10.2. The molecule has 0 saturated heterocycles. The summed E-state index contributed by atoms with van der Waals surface area (Å²) in [5.74, 6) is -0.0957. The van der Waals surface area contributed by atoms with Crippen molar-refractivity contribution in [3.63, 3.8) is 0 Å². The number of rotatable bonds is 4. The van der Waals surface area contributed by atoms with Gasteiger partial charge in [-0.1, -0.05) is 29.8 Å². The van der Waals surface area contributed by atoms with Crippen LogP contribution in [0.25, 0.3) is 10.9 Å². The van der Waals surface area contributed by atoms with E-state index in [2.05, 4.69) is 41.9 Å². The maximum Gasteiger partial charge on any atom is 0.312 e. The third kappa shape index (κ3) is 3.83. The van der Waals surface area contributed by atoms with E-state index >= 15 is 0 Å². The molecule has 0 bridgehead atoms. The molecule has 0 aliphatic carbocycles. The fourth-order valence-electron chi connectivity index (χ4n) is 2.59. The second-order valence-corrected chi connectivity index (χ2v) is 8.05. The molecule has 8 nitrogen and oxygen atoms in total. The Labute approximate surface area is 175 Å². The van der Waals surface area contributed by atoms with Gasteiger partial charge in [0.05, 0.1) is 26.5 Å². The van der Waals surface area contributed by atoms with Crippen LogP contribution in [0.3, 0.4) is 0 Å². The Morgan fingerprint density at radius 1 is 1.29 bits per heavy atom. The summed E-state index contributed by atoms with van der Waals surface area (Å²) in [5, 5.41) is 25.5. The first-order valence-electron chi connectivity index (χ1n) is 8.12. The van der Waals surface area contributed by atoms with E-state index in [0.29, 0.717) is 22.3 Å². The third-order valence-electron chi connectivity index (χ3n) is 3.93. The first-order valence-corrected chi connectivity index (χ1v) is 9.71. The number of phenolic OH excluding ortho intramolecular Hbond substituents is 1. The predicted octanol–water partition coefficient (Wildman–Crippen LogP) is 4.54. The minimum Gasteiger partial charge on any atom is -0.501 e.